The number of anilines is 1. The SMILES string of the molecule is F.O=C(F)Nc1ccccc1. The molecule has 1 amide bonds. The number of amides is 1. The summed E-state index contributed by atoms with van der Waals surface area (Å²) in [5, 5.41) is 2.00. The average Bonchev–Trinajstić information content (AvgIpc) is 1.88. The van der Waals surface area contributed by atoms with Gasteiger partial charge in [0.2, 0.25) is 0 Å². The van der Waals surface area contributed by atoms with Crippen molar-refractivity contribution < 1.29 is 13.9 Å². The van der Waals surface area contributed by atoms with E-state index in [0.29, 0.717) is 5.69 Å². The van der Waals surface area contributed by atoms with Crippen LogP contribution in [-0.4, -0.2) is 6.16 Å². The van der Waals surface area contributed by atoms with Crippen molar-refractivity contribution in [2.45, 2.75) is 0 Å². The highest BCUT2D eigenvalue weighted by Gasteiger charge is 1.94. The first-order valence-corrected chi connectivity index (χ1v) is 2.80. The Morgan fingerprint density at radius 1 is 1.27 bits per heavy atom. The number of carbonyl (C=O) groups is 1. The minimum absolute atomic E-state index is 0. The van der Waals surface area contributed by atoms with E-state index in [9.17, 15) is 9.18 Å². The van der Waals surface area contributed by atoms with Crippen molar-refractivity contribution in [3.8, 4) is 0 Å². The summed E-state index contributed by atoms with van der Waals surface area (Å²) in [4.78, 5) is 9.84. The second-order valence-electron chi connectivity index (χ2n) is 1.76. The van der Waals surface area contributed by atoms with Crippen LogP contribution in [0.15, 0.2) is 30.3 Å². The third-order valence-corrected chi connectivity index (χ3v) is 1.02. The molecule has 1 aromatic rings. The molecule has 0 spiro atoms. The summed E-state index contributed by atoms with van der Waals surface area (Å²) in [5.74, 6) is 0. The topological polar surface area (TPSA) is 29.1 Å². The first kappa shape index (κ1) is 9.55. The van der Waals surface area contributed by atoms with Gasteiger partial charge in [-0.3, -0.25) is 10.0 Å². The van der Waals surface area contributed by atoms with Crippen LogP contribution in [0.25, 0.3) is 0 Å². The van der Waals surface area contributed by atoms with Crippen molar-refractivity contribution in [1.82, 2.24) is 0 Å². The third-order valence-electron chi connectivity index (χ3n) is 1.02. The number of carbonyl (C=O) groups excluding carboxylic acids is 1. The van der Waals surface area contributed by atoms with E-state index >= 15 is 0 Å². The second kappa shape index (κ2) is 4.38. The molecule has 1 rings (SSSR count). The van der Waals surface area contributed by atoms with Crippen LogP contribution in [0.2, 0.25) is 0 Å². The molecule has 0 atom stereocenters. The van der Waals surface area contributed by atoms with Gasteiger partial charge in [-0.05, 0) is 12.1 Å². The smallest absolute Gasteiger partial charge is 0.298 e. The highest BCUT2D eigenvalue weighted by Crippen LogP contribution is 2.04. The molecule has 0 heterocycles. The maximum Gasteiger partial charge on any atom is 0.401 e. The molecule has 0 aliphatic heterocycles. The van der Waals surface area contributed by atoms with Gasteiger partial charge in [0.25, 0.3) is 0 Å². The molecule has 2 nitrogen and oxygen atoms in total. The van der Waals surface area contributed by atoms with E-state index in [0.717, 1.165) is 0 Å². The van der Waals surface area contributed by atoms with Crippen molar-refractivity contribution in [2.24, 2.45) is 0 Å². The molecule has 0 bridgehead atoms. The van der Waals surface area contributed by atoms with Gasteiger partial charge in [0.05, 0.1) is 0 Å². The fourth-order valence-corrected chi connectivity index (χ4v) is 0.635. The quantitative estimate of drug-likeness (QED) is 0.494. The van der Waals surface area contributed by atoms with E-state index in [1.165, 1.54) is 0 Å². The minimum atomic E-state index is -1.54. The van der Waals surface area contributed by atoms with E-state index in [2.05, 4.69) is 0 Å². The Bertz CT molecular complexity index is 225. The van der Waals surface area contributed by atoms with Crippen LogP contribution in [0.3, 0.4) is 0 Å². The van der Waals surface area contributed by atoms with Crippen LogP contribution >= 0.6 is 0 Å². The lowest BCUT2D eigenvalue weighted by Gasteiger charge is -1.95. The molecule has 1 N–H and O–H groups in total. The van der Waals surface area contributed by atoms with Gasteiger partial charge in [0.1, 0.15) is 0 Å². The third kappa shape index (κ3) is 3.30. The molecule has 0 radical (unpaired) electrons. The number of hydrogen-bond acceptors (Lipinski definition) is 1. The molecule has 4 heteroatoms. The van der Waals surface area contributed by atoms with Crippen LogP contribution in [0.4, 0.5) is 19.6 Å². The fraction of sp³-hybridized carbons (Fsp3) is 0. The van der Waals surface area contributed by atoms with E-state index in [-0.39, 0.29) is 4.70 Å². The molecule has 0 saturated carbocycles. The largest absolute Gasteiger partial charge is 0.401 e. The van der Waals surface area contributed by atoms with E-state index in [4.69, 9.17) is 0 Å². The zero-order valence-corrected chi connectivity index (χ0v) is 5.58. The van der Waals surface area contributed by atoms with Crippen LogP contribution in [0.1, 0.15) is 0 Å². The highest BCUT2D eigenvalue weighted by atomic mass is 19.1. The molecule has 0 fully saturated rings. The van der Waals surface area contributed by atoms with Crippen LogP contribution in [0.5, 0.6) is 0 Å². The first-order chi connectivity index (χ1) is 4.79. The monoisotopic (exact) mass is 159 g/mol. The molecule has 0 aliphatic rings. The van der Waals surface area contributed by atoms with Crippen molar-refractivity contribution in [3.05, 3.63) is 30.3 Å². The Hall–Kier alpha value is -1.45. The Labute approximate surface area is 62.4 Å². The van der Waals surface area contributed by atoms with Gasteiger partial charge in [-0.2, -0.15) is 0 Å². The summed E-state index contributed by atoms with van der Waals surface area (Å²) in [6.07, 6.45) is -1.54. The maximum absolute atomic E-state index is 11.6. The second-order valence-corrected chi connectivity index (χ2v) is 1.76. The van der Waals surface area contributed by atoms with Crippen molar-refractivity contribution >= 4 is 11.8 Å². The fourth-order valence-electron chi connectivity index (χ4n) is 0.635. The molecule has 0 saturated heterocycles. The highest BCUT2D eigenvalue weighted by molar-refractivity contribution is 5.83. The number of hydrogen-bond donors (Lipinski definition) is 1. The lowest BCUT2D eigenvalue weighted by Crippen LogP contribution is -2.00. The summed E-state index contributed by atoms with van der Waals surface area (Å²) in [6.45, 7) is 0. The van der Waals surface area contributed by atoms with Gasteiger partial charge < -0.3 is 0 Å². The van der Waals surface area contributed by atoms with Crippen LogP contribution in [-0.2, 0) is 0 Å². The number of nitrogens with one attached hydrogen (secondary N) is 1. The van der Waals surface area contributed by atoms with Gasteiger partial charge in [-0.15, -0.1) is 4.39 Å². The molecule has 11 heavy (non-hydrogen) atoms. The number of para-hydroxylation sites is 1. The normalized spacial score (nSPS) is 8.09. The van der Waals surface area contributed by atoms with Crippen LogP contribution < -0.4 is 5.32 Å². The van der Waals surface area contributed by atoms with Gasteiger partial charge in [-0.1, -0.05) is 18.2 Å². The van der Waals surface area contributed by atoms with Gasteiger partial charge in [-0.25, -0.2) is 4.79 Å². The Morgan fingerprint density at radius 2 is 1.82 bits per heavy atom. The summed E-state index contributed by atoms with van der Waals surface area (Å²) in [7, 11) is 0. The number of rotatable bonds is 1. The summed E-state index contributed by atoms with van der Waals surface area (Å²) < 4.78 is 11.6. The van der Waals surface area contributed by atoms with E-state index < -0.39 is 6.16 Å². The zero-order valence-electron chi connectivity index (χ0n) is 5.58. The summed E-state index contributed by atoms with van der Waals surface area (Å²) in [5.41, 5.74) is 0.468. The lowest BCUT2D eigenvalue weighted by molar-refractivity contribution is 0.235. The molecule has 0 aromatic heterocycles. The molecule has 0 unspecified atom stereocenters. The Morgan fingerprint density at radius 3 is 2.27 bits per heavy atom. The number of halogens is 2. The van der Waals surface area contributed by atoms with Gasteiger partial charge >= 0.3 is 6.16 Å². The van der Waals surface area contributed by atoms with Crippen molar-refractivity contribution in [3.63, 3.8) is 0 Å². The van der Waals surface area contributed by atoms with E-state index in [1.807, 2.05) is 5.32 Å². The zero-order chi connectivity index (χ0) is 7.40. The molecular weight excluding hydrogens is 152 g/mol. The van der Waals surface area contributed by atoms with Gasteiger partial charge in [0.15, 0.2) is 0 Å². The summed E-state index contributed by atoms with van der Waals surface area (Å²) in [6, 6.07) is 8.43. The lowest BCUT2D eigenvalue weighted by atomic mass is 10.3. The molecule has 1 aromatic carbocycles. The summed E-state index contributed by atoms with van der Waals surface area (Å²) >= 11 is 0. The minimum Gasteiger partial charge on any atom is -0.298 e. The molecule has 60 valence electrons. The molecular formula is C7H7F2NO. The predicted molar refractivity (Wildman–Crippen MR) is 39.1 cm³/mol. The Kier molecular flexibility index (Phi) is 3.80. The van der Waals surface area contributed by atoms with Gasteiger partial charge in [0, 0.05) is 5.69 Å². The maximum atomic E-state index is 11.6. The van der Waals surface area contributed by atoms with E-state index in [1.54, 1.807) is 30.3 Å². The number of benzene rings is 1. The predicted octanol–water partition coefficient (Wildman–Crippen LogP) is 2.34. The van der Waals surface area contributed by atoms with Crippen LogP contribution in [0, 0.1) is 0 Å². The molecule has 0 aliphatic carbocycles. The average molecular weight is 159 g/mol. The van der Waals surface area contributed by atoms with Crippen molar-refractivity contribution in [2.75, 3.05) is 5.32 Å². The Balaban J connectivity index is 0.000001000. The van der Waals surface area contributed by atoms with Crippen molar-refractivity contribution in [1.29, 1.82) is 0 Å². The standard InChI is InChI=1S/C7H6FNO.FH/c8-7(10)9-6-4-2-1-3-5-6;/h1-5H,(H,9,10);1H. The first-order valence-electron chi connectivity index (χ1n) is 2.80.